The lowest BCUT2D eigenvalue weighted by atomic mass is 10.1. The van der Waals surface area contributed by atoms with Crippen molar-refractivity contribution < 1.29 is 19.1 Å². The number of ether oxygens (including phenoxy) is 2. The number of methoxy groups -OCH3 is 1. The summed E-state index contributed by atoms with van der Waals surface area (Å²) in [6.07, 6.45) is 0. The third-order valence-electron chi connectivity index (χ3n) is 4.35. The molecule has 1 aromatic heterocycles. The lowest BCUT2D eigenvalue weighted by Gasteiger charge is -2.12. The van der Waals surface area contributed by atoms with Gasteiger partial charge in [-0.15, -0.1) is 0 Å². The van der Waals surface area contributed by atoms with Crippen LogP contribution in [0.1, 0.15) is 34.7 Å². The number of hydrogen-bond acceptors (Lipinski definition) is 6. The monoisotopic (exact) mass is 394 g/mol. The molecule has 29 heavy (non-hydrogen) atoms. The predicted octanol–water partition coefficient (Wildman–Crippen LogP) is 3.10. The minimum atomic E-state index is -0.749. The molecule has 0 N–H and O–H groups in total. The molecule has 3 rings (SSSR count). The molecule has 0 fully saturated rings. The first kappa shape index (κ1) is 20.3. The van der Waals surface area contributed by atoms with E-state index in [2.05, 4.69) is 5.10 Å². The molecular formula is C22H22N2O5. The third kappa shape index (κ3) is 4.51. The molecule has 7 nitrogen and oxygen atoms in total. The van der Waals surface area contributed by atoms with E-state index in [1.165, 1.54) is 11.8 Å². The van der Waals surface area contributed by atoms with E-state index < -0.39 is 12.6 Å². The summed E-state index contributed by atoms with van der Waals surface area (Å²) in [4.78, 5) is 37.6. The summed E-state index contributed by atoms with van der Waals surface area (Å²) in [6, 6.07) is 13.3. The van der Waals surface area contributed by atoms with Gasteiger partial charge in [-0.3, -0.25) is 9.59 Å². The van der Waals surface area contributed by atoms with Crippen molar-refractivity contribution in [3.63, 3.8) is 0 Å². The molecule has 2 aromatic carbocycles. The quantitative estimate of drug-likeness (QED) is 0.452. The van der Waals surface area contributed by atoms with Gasteiger partial charge in [0.05, 0.1) is 12.5 Å². The second-order valence-corrected chi connectivity index (χ2v) is 7.00. The molecule has 0 atom stereocenters. The number of rotatable bonds is 7. The highest BCUT2D eigenvalue weighted by Gasteiger charge is 2.19. The van der Waals surface area contributed by atoms with Gasteiger partial charge in [0.25, 0.3) is 5.56 Å². The van der Waals surface area contributed by atoms with E-state index in [9.17, 15) is 14.4 Å². The first-order valence-electron chi connectivity index (χ1n) is 9.25. The Labute approximate surface area is 167 Å². The van der Waals surface area contributed by atoms with E-state index in [-0.39, 0.29) is 23.0 Å². The van der Waals surface area contributed by atoms with Gasteiger partial charge in [-0.25, -0.2) is 9.48 Å². The zero-order valence-electron chi connectivity index (χ0n) is 16.5. The summed E-state index contributed by atoms with van der Waals surface area (Å²) in [6.45, 7) is 3.85. The molecule has 0 radical (unpaired) electrons. The Morgan fingerprint density at radius 1 is 1.03 bits per heavy atom. The fourth-order valence-electron chi connectivity index (χ4n) is 2.92. The van der Waals surface area contributed by atoms with Gasteiger partial charge in [0.15, 0.2) is 18.1 Å². The molecule has 0 saturated carbocycles. The minimum Gasteiger partial charge on any atom is -0.497 e. The van der Waals surface area contributed by atoms with Gasteiger partial charge < -0.3 is 9.47 Å². The lowest BCUT2D eigenvalue weighted by Crippen LogP contribution is -2.28. The van der Waals surface area contributed by atoms with E-state index >= 15 is 0 Å². The summed E-state index contributed by atoms with van der Waals surface area (Å²) < 4.78 is 11.5. The Kier molecular flexibility index (Phi) is 6.07. The lowest BCUT2D eigenvalue weighted by molar-refractivity contribution is 0.0468. The highest BCUT2D eigenvalue weighted by molar-refractivity contribution is 6.04. The van der Waals surface area contributed by atoms with Gasteiger partial charge in [-0.1, -0.05) is 32.0 Å². The van der Waals surface area contributed by atoms with Crippen LogP contribution in [0.5, 0.6) is 5.75 Å². The first-order chi connectivity index (χ1) is 13.9. The fourth-order valence-corrected chi connectivity index (χ4v) is 2.92. The van der Waals surface area contributed by atoms with Gasteiger partial charge in [-0.05, 0) is 36.2 Å². The van der Waals surface area contributed by atoms with Crippen molar-refractivity contribution in [2.45, 2.75) is 20.4 Å². The van der Waals surface area contributed by atoms with Crippen LogP contribution in [0.3, 0.4) is 0 Å². The van der Waals surface area contributed by atoms with Gasteiger partial charge in [0.1, 0.15) is 5.75 Å². The zero-order chi connectivity index (χ0) is 21.0. The number of nitrogens with zero attached hydrogens (tertiary/aromatic N) is 2. The van der Waals surface area contributed by atoms with Crippen LogP contribution in [-0.4, -0.2) is 35.2 Å². The van der Waals surface area contributed by atoms with Crippen LogP contribution < -0.4 is 10.3 Å². The molecule has 3 aromatic rings. The number of Topliss-reactive ketones (excluding diaryl/α,β-unsaturated/α-hetero) is 1. The third-order valence-corrected chi connectivity index (χ3v) is 4.35. The Morgan fingerprint density at radius 2 is 1.69 bits per heavy atom. The SMILES string of the molecule is COc1ccc(C(=O)COC(=O)c2nn(CC(C)C)c(=O)c3ccccc23)cc1. The van der Waals surface area contributed by atoms with Crippen molar-refractivity contribution in [2.24, 2.45) is 5.92 Å². The molecule has 0 aliphatic carbocycles. The number of carbonyl (C=O) groups excluding carboxylic acids is 2. The predicted molar refractivity (Wildman–Crippen MR) is 108 cm³/mol. The molecule has 0 amide bonds. The standard InChI is InChI=1S/C22H22N2O5/c1-14(2)12-24-21(26)18-7-5-4-6-17(18)20(23-24)22(27)29-13-19(25)15-8-10-16(28-3)11-9-15/h4-11,14H,12-13H2,1-3H3. The average Bonchev–Trinajstić information content (AvgIpc) is 2.73. The number of esters is 1. The maximum atomic E-state index is 12.7. The van der Waals surface area contributed by atoms with Crippen LogP contribution in [0.25, 0.3) is 10.8 Å². The van der Waals surface area contributed by atoms with Crippen molar-refractivity contribution in [3.05, 3.63) is 70.1 Å². The Hall–Kier alpha value is -3.48. The van der Waals surface area contributed by atoms with Crippen LogP contribution in [0.2, 0.25) is 0 Å². The van der Waals surface area contributed by atoms with E-state index in [0.29, 0.717) is 28.6 Å². The largest absolute Gasteiger partial charge is 0.497 e. The van der Waals surface area contributed by atoms with Gasteiger partial charge in [-0.2, -0.15) is 5.10 Å². The number of benzene rings is 2. The Bertz CT molecular complexity index is 1100. The number of fused-ring (bicyclic) bond motifs is 1. The Morgan fingerprint density at radius 3 is 2.31 bits per heavy atom. The van der Waals surface area contributed by atoms with Gasteiger partial charge in [0.2, 0.25) is 0 Å². The molecule has 0 unspecified atom stereocenters. The summed E-state index contributed by atoms with van der Waals surface area (Å²) >= 11 is 0. The van der Waals surface area contributed by atoms with Crippen molar-refractivity contribution in [2.75, 3.05) is 13.7 Å². The molecule has 0 spiro atoms. The van der Waals surface area contributed by atoms with E-state index in [0.717, 1.165) is 0 Å². The molecule has 7 heteroatoms. The topological polar surface area (TPSA) is 87.5 Å². The van der Waals surface area contributed by atoms with Crippen LogP contribution in [-0.2, 0) is 11.3 Å². The second-order valence-electron chi connectivity index (χ2n) is 7.00. The number of aromatic nitrogens is 2. The maximum Gasteiger partial charge on any atom is 0.359 e. The average molecular weight is 394 g/mol. The number of ketones is 1. The van der Waals surface area contributed by atoms with Crippen molar-refractivity contribution in [1.82, 2.24) is 9.78 Å². The second kappa shape index (κ2) is 8.68. The molecule has 0 aliphatic rings. The highest BCUT2D eigenvalue weighted by Crippen LogP contribution is 2.16. The maximum absolute atomic E-state index is 12.7. The van der Waals surface area contributed by atoms with Crippen molar-refractivity contribution in [3.8, 4) is 5.75 Å². The highest BCUT2D eigenvalue weighted by atomic mass is 16.5. The molecule has 0 bridgehead atoms. The Balaban J connectivity index is 1.85. The number of carbonyl (C=O) groups is 2. The van der Waals surface area contributed by atoms with Crippen molar-refractivity contribution in [1.29, 1.82) is 0 Å². The summed E-state index contributed by atoms with van der Waals surface area (Å²) in [5, 5.41) is 5.00. The minimum absolute atomic E-state index is 0.0170. The number of hydrogen-bond donors (Lipinski definition) is 0. The molecule has 150 valence electrons. The molecule has 0 saturated heterocycles. The van der Waals surface area contributed by atoms with E-state index in [1.54, 1.807) is 48.5 Å². The molecular weight excluding hydrogens is 372 g/mol. The van der Waals surface area contributed by atoms with E-state index in [1.807, 2.05) is 13.8 Å². The van der Waals surface area contributed by atoms with E-state index in [4.69, 9.17) is 9.47 Å². The normalized spacial score (nSPS) is 10.9. The fraction of sp³-hybridized carbons (Fsp3) is 0.273. The van der Waals surface area contributed by atoms with Gasteiger partial charge >= 0.3 is 5.97 Å². The zero-order valence-corrected chi connectivity index (χ0v) is 16.5. The van der Waals surface area contributed by atoms with Crippen LogP contribution in [0, 0.1) is 5.92 Å². The first-order valence-corrected chi connectivity index (χ1v) is 9.25. The summed E-state index contributed by atoms with van der Waals surface area (Å²) in [5.74, 6) is -0.301. The summed E-state index contributed by atoms with van der Waals surface area (Å²) in [7, 11) is 1.54. The van der Waals surface area contributed by atoms with Gasteiger partial charge in [0, 0.05) is 17.5 Å². The summed E-state index contributed by atoms with van der Waals surface area (Å²) in [5.41, 5.74) is 0.157. The van der Waals surface area contributed by atoms with Crippen molar-refractivity contribution >= 4 is 22.5 Å². The molecule has 0 aliphatic heterocycles. The molecule has 1 heterocycles. The smallest absolute Gasteiger partial charge is 0.359 e. The van der Waals surface area contributed by atoms with Crippen LogP contribution in [0.15, 0.2) is 53.3 Å². The van der Waals surface area contributed by atoms with Crippen LogP contribution >= 0.6 is 0 Å². The van der Waals surface area contributed by atoms with Crippen LogP contribution in [0.4, 0.5) is 0 Å².